The van der Waals surface area contributed by atoms with E-state index in [1.807, 2.05) is 0 Å². The predicted octanol–water partition coefficient (Wildman–Crippen LogP) is 2.71. The zero-order valence-electron chi connectivity index (χ0n) is 15.5. The Kier molecular flexibility index (Phi) is 5.34. The zero-order chi connectivity index (χ0) is 19.5. The van der Waals surface area contributed by atoms with Gasteiger partial charge in [-0.15, -0.1) is 0 Å². The van der Waals surface area contributed by atoms with Crippen molar-refractivity contribution in [3.8, 4) is 11.3 Å². The van der Waals surface area contributed by atoms with Crippen molar-refractivity contribution < 1.29 is 13.9 Å². The maximum Gasteiger partial charge on any atom is 0.415 e. The van der Waals surface area contributed by atoms with Gasteiger partial charge in [0.1, 0.15) is 11.5 Å². The fourth-order valence-electron chi connectivity index (χ4n) is 3.56. The summed E-state index contributed by atoms with van der Waals surface area (Å²) in [5.74, 6) is 0.262. The fraction of sp³-hybridized carbons (Fsp3) is 0.474. The van der Waals surface area contributed by atoms with Crippen molar-refractivity contribution in [1.82, 2.24) is 15.0 Å². The van der Waals surface area contributed by atoms with Crippen LogP contribution in [-0.4, -0.2) is 46.3 Å². The van der Waals surface area contributed by atoms with Gasteiger partial charge in [0.05, 0.1) is 12.8 Å². The fourth-order valence-corrected chi connectivity index (χ4v) is 3.56. The third-order valence-corrected chi connectivity index (χ3v) is 5.12. The van der Waals surface area contributed by atoms with Gasteiger partial charge in [-0.3, -0.25) is 4.90 Å². The van der Waals surface area contributed by atoms with Crippen LogP contribution in [0.4, 0.5) is 21.0 Å². The topological polar surface area (TPSA) is 106 Å². The van der Waals surface area contributed by atoms with Crippen LogP contribution >= 0.6 is 0 Å². The molecular formula is C19H23FN6O2. The molecule has 2 fully saturated rings. The van der Waals surface area contributed by atoms with Crippen molar-refractivity contribution in [3.63, 3.8) is 0 Å². The smallest absolute Gasteiger partial charge is 0.415 e. The zero-order valence-corrected chi connectivity index (χ0v) is 15.5. The maximum atomic E-state index is 14.4. The van der Waals surface area contributed by atoms with E-state index in [0.29, 0.717) is 30.5 Å². The summed E-state index contributed by atoms with van der Waals surface area (Å²) in [6.07, 6.45) is 6.74. The molecule has 1 aliphatic heterocycles. The molecule has 0 unspecified atom stereocenters. The molecule has 9 heteroatoms. The lowest BCUT2D eigenvalue weighted by Crippen LogP contribution is -2.38. The van der Waals surface area contributed by atoms with Crippen LogP contribution in [0.5, 0.6) is 0 Å². The summed E-state index contributed by atoms with van der Waals surface area (Å²) in [6, 6.07) is 3.78. The number of carbonyl (C=O) groups excluding carboxylic acids is 1. The molecule has 0 bridgehead atoms. The van der Waals surface area contributed by atoms with Crippen LogP contribution < -0.4 is 16.0 Å². The summed E-state index contributed by atoms with van der Waals surface area (Å²) in [5, 5.41) is 3.28. The van der Waals surface area contributed by atoms with Crippen LogP contribution in [0.1, 0.15) is 32.1 Å². The molecule has 4 rings (SSSR count). The van der Waals surface area contributed by atoms with E-state index in [2.05, 4.69) is 20.3 Å². The quantitative estimate of drug-likeness (QED) is 0.832. The normalized spacial score (nSPS) is 22.6. The number of pyridine rings is 1. The molecule has 1 saturated carbocycles. The first-order valence-corrected chi connectivity index (χ1v) is 9.55. The number of nitrogens with zero attached hydrogens (tertiary/aromatic N) is 4. The van der Waals surface area contributed by atoms with E-state index in [1.165, 1.54) is 11.1 Å². The summed E-state index contributed by atoms with van der Waals surface area (Å²) in [5.41, 5.74) is 6.64. The molecule has 0 atom stereocenters. The van der Waals surface area contributed by atoms with Gasteiger partial charge in [0.15, 0.2) is 5.82 Å². The second kappa shape index (κ2) is 8.05. The van der Waals surface area contributed by atoms with Gasteiger partial charge >= 0.3 is 6.09 Å². The average Bonchev–Trinajstić information content (AvgIpc) is 2.71. The molecule has 28 heavy (non-hydrogen) atoms. The van der Waals surface area contributed by atoms with Crippen molar-refractivity contribution in [2.45, 2.75) is 44.2 Å². The third kappa shape index (κ3) is 4.04. The van der Waals surface area contributed by atoms with E-state index in [1.54, 1.807) is 12.1 Å². The van der Waals surface area contributed by atoms with Crippen molar-refractivity contribution in [2.75, 3.05) is 23.4 Å². The molecular weight excluding hydrogens is 363 g/mol. The number of hydrogen-bond acceptors (Lipinski definition) is 7. The third-order valence-electron chi connectivity index (χ3n) is 5.12. The summed E-state index contributed by atoms with van der Waals surface area (Å²) in [4.78, 5) is 26.1. The molecule has 0 radical (unpaired) electrons. The van der Waals surface area contributed by atoms with Crippen LogP contribution in [0.3, 0.4) is 0 Å². The van der Waals surface area contributed by atoms with Crippen molar-refractivity contribution in [1.29, 1.82) is 0 Å². The first-order chi connectivity index (χ1) is 13.6. The van der Waals surface area contributed by atoms with Crippen molar-refractivity contribution in [2.24, 2.45) is 5.73 Å². The molecule has 3 heterocycles. The Hall–Kier alpha value is -2.81. The Balaban J connectivity index is 1.56. The summed E-state index contributed by atoms with van der Waals surface area (Å²) >= 11 is 0. The Morgan fingerprint density at radius 1 is 1.25 bits per heavy atom. The van der Waals surface area contributed by atoms with Crippen LogP contribution in [-0.2, 0) is 4.74 Å². The predicted molar refractivity (Wildman–Crippen MR) is 102 cm³/mol. The Labute approximate surface area is 162 Å². The van der Waals surface area contributed by atoms with Crippen LogP contribution in [0.2, 0.25) is 0 Å². The van der Waals surface area contributed by atoms with Gasteiger partial charge in [-0.05, 0) is 44.2 Å². The molecule has 0 spiro atoms. The second-order valence-electron chi connectivity index (χ2n) is 7.17. The number of carbonyl (C=O) groups is 1. The largest absolute Gasteiger partial charge is 0.449 e. The molecule has 1 aliphatic carbocycles. The SMILES string of the molecule is NC1CCC(Nc2ncc(F)c(-c3ccnc(N4CCCOC4=O)c3)n2)CC1. The lowest BCUT2D eigenvalue weighted by Gasteiger charge is -2.27. The Morgan fingerprint density at radius 3 is 2.86 bits per heavy atom. The maximum absolute atomic E-state index is 14.4. The molecule has 148 valence electrons. The van der Waals surface area contributed by atoms with E-state index in [-0.39, 0.29) is 17.8 Å². The highest BCUT2D eigenvalue weighted by Gasteiger charge is 2.24. The number of hydrogen-bond donors (Lipinski definition) is 2. The van der Waals surface area contributed by atoms with Gasteiger partial charge in [-0.2, -0.15) is 0 Å². The molecule has 0 aromatic carbocycles. The van der Waals surface area contributed by atoms with E-state index in [9.17, 15) is 9.18 Å². The summed E-state index contributed by atoms with van der Waals surface area (Å²) in [6.45, 7) is 0.912. The first-order valence-electron chi connectivity index (χ1n) is 9.55. The minimum absolute atomic E-state index is 0.166. The Bertz CT molecular complexity index is 856. The summed E-state index contributed by atoms with van der Waals surface area (Å²) in [7, 11) is 0. The van der Waals surface area contributed by atoms with Crippen LogP contribution in [0, 0.1) is 5.82 Å². The number of nitrogens with one attached hydrogen (secondary N) is 1. The van der Waals surface area contributed by atoms with Gasteiger partial charge in [-0.1, -0.05) is 0 Å². The van der Waals surface area contributed by atoms with E-state index < -0.39 is 11.9 Å². The molecule has 8 nitrogen and oxygen atoms in total. The van der Waals surface area contributed by atoms with Crippen molar-refractivity contribution >= 4 is 17.9 Å². The number of nitrogens with two attached hydrogens (primary N) is 1. The van der Waals surface area contributed by atoms with E-state index in [4.69, 9.17) is 10.5 Å². The lowest BCUT2D eigenvalue weighted by molar-refractivity contribution is 0.140. The van der Waals surface area contributed by atoms with Gasteiger partial charge in [0, 0.05) is 30.4 Å². The monoisotopic (exact) mass is 386 g/mol. The molecule has 2 aromatic rings. The van der Waals surface area contributed by atoms with Crippen molar-refractivity contribution in [3.05, 3.63) is 30.3 Å². The number of rotatable bonds is 4. The first kappa shape index (κ1) is 18.5. The van der Waals surface area contributed by atoms with Crippen LogP contribution in [0.15, 0.2) is 24.5 Å². The number of anilines is 2. The molecule has 1 saturated heterocycles. The molecule has 1 amide bonds. The minimum atomic E-state index is -0.533. The van der Waals surface area contributed by atoms with Gasteiger partial charge < -0.3 is 15.8 Å². The number of halogens is 1. The highest BCUT2D eigenvalue weighted by molar-refractivity contribution is 5.87. The minimum Gasteiger partial charge on any atom is -0.449 e. The second-order valence-corrected chi connectivity index (χ2v) is 7.17. The van der Waals surface area contributed by atoms with E-state index >= 15 is 0 Å². The molecule has 2 aromatic heterocycles. The summed E-state index contributed by atoms with van der Waals surface area (Å²) < 4.78 is 19.5. The lowest BCUT2D eigenvalue weighted by atomic mass is 9.92. The van der Waals surface area contributed by atoms with Gasteiger partial charge in [0.25, 0.3) is 0 Å². The highest BCUT2D eigenvalue weighted by Crippen LogP contribution is 2.26. The van der Waals surface area contributed by atoms with Gasteiger partial charge in [-0.25, -0.2) is 24.1 Å². The Morgan fingerprint density at radius 2 is 2.07 bits per heavy atom. The average molecular weight is 386 g/mol. The molecule has 2 aliphatic rings. The number of ether oxygens (including phenoxy) is 1. The number of aromatic nitrogens is 3. The van der Waals surface area contributed by atoms with Gasteiger partial charge in [0.2, 0.25) is 5.95 Å². The van der Waals surface area contributed by atoms with Crippen LogP contribution in [0.25, 0.3) is 11.3 Å². The van der Waals surface area contributed by atoms with E-state index in [0.717, 1.165) is 38.3 Å². The number of cyclic esters (lactones) is 1. The standard InChI is InChI=1S/C19H23FN6O2/c20-15-11-23-18(24-14-4-2-13(21)3-5-14)25-17(15)12-6-7-22-16(10-12)26-8-1-9-28-19(26)27/h6-7,10-11,13-14H,1-5,8-9,21H2,(H,23,24,25). The number of amides is 1. The molecule has 3 N–H and O–H groups in total. The highest BCUT2D eigenvalue weighted by atomic mass is 19.1.